The Balaban J connectivity index is 0.000000202. The zero-order valence-corrected chi connectivity index (χ0v) is 7.40. The van der Waals surface area contributed by atoms with Crippen LogP contribution >= 0.6 is 11.6 Å². The first kappa shape index (κ1) is 11.1. The largest absolute Gasteiger partial charge is 0.384 e. The summed E-state index contributed by atoms with van der Waals surface area (Å²) in [6.45, 7) is 1.31. The quantitative estimate of drug-likeness (QED) is 0.673. The van der Waals surface area contributed by atoms with Crippen LogP contribution in [-0.4, -0.2) is 21.4 Å². The lowest BCUT2D eigenvalue weighted by atomic mass is 10.5. The highest BCUT2D eigenvalue weighted by Gasteiger charge is 2.00. The van der Waals surface area contributed by atoms with Crippen molar-refractivity contribution in [2.75, 3.05) is 0 Å². The van der Waals surface area contributed by atoms with Crippen LogP contribution in [0.3, 0.4) is 0 Å². The van der Waals surface area contributed by atoms with Gasteiger partial charge >= 0.3 is 0 Å². The maximum Gasteiger partial charge on any atom is 0.249 e. The summed E-state index contributed by atoms with van der Waals surface area (Å²) in [5, 5.41) is 7.44. The number of pyridine rings is 1. The Kier molecular flexibility index (Phi) is 6.24. The van der Waals surface area contributed by atoms with Crippen molar-refractivity contribution >= 4 is 16.8 Å². The molecule has 1 N–H and O–H groups in total. The van der Waals surface area contributed by atoms with E-state index in [4.69, 9.17) is 16.7 Å². The number of aromatic nitrogens is 1. The molecule has 0 fully saturated rings. The minimum absolute atomic E-state index is 0.713. The molecule has 0 radical (unpaired) electrons. The third-order valence-electron chi connectivity index (χ3n) is 0.895. The van der Waals surface area contributed by atoms with Crippen molar-refractivity contribution in [1.29, 1.82) is 0 Å². The molecule has 0 aliphatic rings. The smallest absolute Gasteiger partial charge is 0.249 e. The molecule has 1 heterocycles. The molecule has 1 aromatic rings. The Bertz CT molecular complexity index is 187. The predicted molar refractivity (Wildman–Crippen MR) is 46.8 cm³/mol. The van der Waals surface area contributed by atoms with Crippen molar-refractivity contribution in [2.45, 2.75) is 13.0 Å². The van der Waals surface area contributed by atoms with Gasteiger partial charge in [-0.25, -0.2) is 0 Å². The Morgan fingerprint density at radius 2 is 1.83 bits per heavy atom. The van der Waals surface area contributed by atoms with Crippen LogP contribution in [0.5, 0.6) is 0 Å². The molecule has 0 aliphatic carbocycles. The lowest BCUT2D eigenvalue weighted by molar-refractivity contribution is -0.118. The zero-order chi connectivity index (χ0) is 9.40. The Labute approximate surface area is 76.0 Å². The van der Waals surface area contributed by atoms with E-state index in [1.54, 1.807) is 12.4 Å². The molecule has 0 aromatic carbocycles. The van der Waals surface area contributed by atoms with E-state index in [0.717, 1.165) is 0 Å². The van der Waals surface area contributed by atoms with Crippen molar-refractivity contribution in [3.63, 3.8) is 0 Å². The van der Waals surface area contributed by atoms with Crippen molar-refractivity contribution in [3.8, 4) is 0 Å². The summed E-state index contributed by atoms with van der Waals surface area (Å²) in [5.74, 6) is 0. The summed E-state index contributed by atoms with van der Waals surface area (Å²) in [6.07, 6.45) is 2.48. The lowest BCUT2D eigenvalue weighted by Gasteiger charge is -1.88. The highest BCUT2D eigenvalue weighted by molar-refractivity contribution is 6.64. The molecular weight excluding hydrogens is 178 g/mol. The van der Waals surface area contributed by atoms with Gasteiger partial charge in [-0.2, -0.15) is 0 Å². The second-order valence-corrected chi connectivity index (χ2v) is 2.38. The van der Waals surface area contributed by atoms with Crippen LogP contribution in [0, 0.1) is 0 Å². The molecule has 4 heteroatoms. The molecule has 0 aliphatic heterocycles. The molecule has 66 valence electrons. The molecule has 0 bridgehead atoms. The van der Waals surface area contributed by atoms with E-state index in [1.165, 1.54) is 6.92 Å². The fraction of sp³-hybridized carbons (Fsp3) is 0.250. The average Bonchev–Trinajstić information content (AvgIpc) is 2.08. The number of hydrogen-bond donors (Lipinski definition) is 1. The third kappa shape index (κ3) is 7.18. The summed E-state index contributed by atoms with van der Waals surface area (Å²) < 4.78 is 0. The molecule has 1 aromatic heterocycles. The van der Waals surface area contributed by atoms with Gasteiger partial charge < -0.3 is 5.11 Å². The lowest BCUT2D eigenvalue weighted by Crippen LogP contribution is -2.07. The number of nitrogens with zero attached hydrogens (tertiary/aromatic N) is 1. The molecule has 1 rings (SSSR count). The molecule has 12 heavy (non-hydrogen) atoms. The first-order valence-corrected chi connectivity index (χ1v) is 3.75. The zero-order valence-electron chi connectivity index (χ0n) is 6.64. The van der Waals surface area contributed by atoms with Crippen molar-refractivity contribution in [3.05, 3.63) is 30.6 Å². The average molecular weight is 188 g/mol. The van der Waals surface area contributed by atoms with Gasteiger partial charge in [0.15, 0.2) is 0 Å². The van der Waals surface area contributed by atoms with Gasteiger partial charge in [0, 0.05) is 12.4 Å². The van der Waals surface area contributed by atoms with E-state index in [0.29, 0.717) is 0 Å². The molecule has 0 saturated carbocycles. The van der Waals surface area contributed by atoms with Crippen LogP contribution in [0.25, 0.3) is 0 Å². The highest BCUT2D eigenvalue weighted by atomic mass is 35.5. The van der Waals surface area contributed by atoms with Gasteiger partial charge in [-0.3, -0.25) is 9.78 Å². The van der Waals surface area contributed by atoms with Gasteiger partial charge in [-0.15, -0.1) is 0 Å². The normalized spacial score (nSPS) is 10.9. The van der Waals surface area contributed by atoms with Gasteiger partial charge in [-0.05, 0) is 30.7 Å². The van der Waals surface area contributed by atoms with Gasteiger partial charge in [0.05, 0.1) is 0 Å². The summed E-state index contributed by atoms with van der Waals surface area (Å²) in [7, 11) is 0. The van der Waals surface area contributed by atoms with Crippen molar-refractivity contribution in [1.82, 2.24) is 4.98 Å². The second-order valence-electron chi connectivity index (χ2n) is 2.00. The van der Waals surface area contributed by atoms with E-state index in [1.807, 2.05) is 18.2 Å². The number of aliphatic hydroxyl groups is 1. The molecule has 0 spiro atoms. The SMILES string of the molecule is CC(O)C(=O)Cl.c1ccncc1. The third-order valence-corrected chi connectivity index (χ3v) is 1.21. The maximum absolute atomic E-state index is 9.66. The maximum atomic E-state index is 9.66. The second kappa shape index (κ2) is 6.76. The topological polar surface area (TPSA) is 50.2 Å². The number of carbonyl (C=O) groups excluding carboxylic acids is 1. The number of aliphatic hydroxyl groups excluding tert-OH is 1. The van der Waals surface area contributed by atoms with Gasteiger partial charge in [0.25, 0.3) is 0 Å². The fourth-order valence-corrected chi connectivity index (χ4v) is 0.313. The Morgan fingerprint density at radius 1 is 1.42 bits per heavy atom. The first-order chi connectivity index (χ1) is 5.64. The predicted octanol–water partition coefficient (Wildman–Crippen LogP) is 1.21. The molecule has 1 unspecified atom stereocenters. The van der Waals surface area contributed by atoms with E-state index >= 15 is 0 Å². The monoisotopic (exact) mass is 187 g/mol. The van der Waals surface area contributed by atoms with E-state index in [9.17, 15) is 4.79 Å². The summed E-state index contributed by atoms with van der Waals surface area (Å²) in [6, 6.07) is 5.72. The molecule has 0 amide bonds. The first-order valence-electron chi connectivity index (χ1n) is 3.37. The van der Waals surface area contributed by atoms with Gasteiger partial charge in [0.1, 0.15) is 6.10 Å². The summed E-state index contributed by atoms with van der Waals surface area (Å²) in [5.41, 5.74) is 0. The number of carbonyl (C=O) groups is 1. The fourth-order valence-electron chi connectivity index (χ4n) is 0.313. The Morgan fingerprint density at radius 3 is 1.92 bits per heavy atom. The highest BCUT2D eigenvalue weighted by Crippen LogP contribution is 1.85. The van der Waals surface area contributed by atoms with Crippen LogP contribution in [-0.2, 0) is 4.79 Å². The van der Waals surface area contributed by atoms with Crippen LogP contribution in [0.4, 0.5) is 0 Å². The number of halogens is 1. The van der Waals surface area contributed by atoms with Crippen LogP contribution < -0.4 is 0 Å². The molecule has 0 saturated heterocycles. The summed E-state index contributed by atoms with van der Waals surface area (Å²) >= 11 is 4.72. The minimum Gasteiger partial charge on any atom is -0.384 e. The summed E-state index contributed by atoms with van der Waals surface area (Å²) in [4.78, 5) is 13.4. The molecule has 3 nitrogen and oxygen atoms in total. The molecular formula is C8H10ClNO2. The Hall–Kier alpha value is -0.930. The van der Waals surface area contributed by atoms with Crippen LogP contribution in [0.15, 0.2) is 30.6 Å². The van der Waals surface area contributed by atoms with Crippen molar-refractivity contribution < 1.29 is 9.90 Å². The van der Waals surface area contributed by atoms with Crippen molar-refractivity contribution in [2.24, 2.45) is 0 Å². The van der Waals surface area contributed by atoms with Crippen LogP contribution in [0.1, 0.15) is 6.92 Å². The van der Waals surface area contributed by atoms with E-state index < -0.39 is 11.3 Å². The van der Waals surface area contributed by atoms with E-state index in [-0.39, 0.29) is 0 Å². The molecule has 1 atom stereocenters. The van der Waals surface area contributed by atoms with E-state index in [2.05, 4.69) is 4.98 Å². The van der Waals surface area contributed by atoms with Gasteiger partial charge in [0.2, 0.25) is 5.24 Å². The number of hydrogen-bond acceptors (Lipinski definition) is 3. The standard InChI is InChI=1S/C5H5N.C3H5ClO2/c1-2-4-6-5-3-1;1-2(5)3(4)6/h1-5H;2,5H,1H3. The van der Waals surface area contributed by atoms with Gasteiger partial charge in [-0.1, -0.05) is 6.07 Å². The van der Waals surface area contributed by atoms with Crippen LogP contribution in [0.2, 0.25) is 0 Å². The number of rotatable bonds is 1. The minimum atomic E-state index is -1.02.